The van der Waals surface area contributed by atoms with Gasteiger partial charge in [-0.25, -0.2) is 13.8 Å². The second kappa shape index (κ2) is 9.49. The summed E-state index contributed by atoms with van der Waals surface area (Å²) in [6.45, 7) is 2.25. The highest BCUT2D eigenvalue weighted by atomic mass is 35.5. The molecule has 3 aliphatic rings. The van der Waals surface area contributed by atoms with Crippen molar-refractivity contribution in [3.63, 3.8) is 0 Å². The molecule has 8 heteroatoms. The lowest BCUT2D eigenvalue weighted by Crippen LogP contribution is -2.44. The Bertz CT molecular complexity index is 1170. The molecule has 2 N–H and O–H groups in total. The van der Waals surface area contributed by atoms with Gasteiger partial charge >= 0.3 is 0 Å². The summed E-state index contributed by atoms with van der Waals surface area (Å²) in [6.07, 6.45) is 7.43. The number of amides is 1. The van der Waals surface area contributed by atoms with Crippen LogP contribution in [-0.4, -0.2) is 21.8 Å². The fraction of sp³-hybridized carbons (Fsp3) is 0.519. The Morgan fingerprint density at radius 3 is 2.91 bits per heavy atom. The van der Waals surface area contributed by atoms with Crippen molar-refractivity contribution >= 4 is 29.0 Å². The third-order valence-electron chi connectivity index (χ3n) is 8.73. The predicted molar refractivity (Wildman–Crippen MR) is 131 cm³/mol. The Morgan fingerprint density at radius 1 is 1.31 bits per heavy atom. The van der Waals surface area contributed by atoms with Crippen molar-refractivity contribution < 1.29 is 18.8 Å². The number of anilines is 1. The normalized spacial score (nSPS) is 30.5. The minimum Gasteiger partial charge on any atom is -0.411 e. The molecule has 5 atom stereocenters. The van der Waals surface area contributed by atoms with Gasteiger partial charge in [-0.05, 0) is 91.9 Å². The SMILES string of the molecule is C[C@]12CCC3c4ccc(Cl)cc4CCC3C1[C@H](CCCC(=O)Nc1ncc(F)cc1F)C/C2=N\O. The summed E-state index contributed by atoms with van der Waals surface area (Å²) in [5.74, 6) is -0.591. The fourth-order valence-electron chi connectivity index (χ4n) is 7.28. The molecule has 2 saturated carbocycles. The van der Waals surface area contributed by atoms with Gasteiger partial charge in [0, 0.05) is 22.9 Å². The van der Waals surface area contributed by atoms with E-state index in [1.807, 2.05) is 6.07 Å². The molecule has 1 amide bonds. The van der Waals surface area contributed by atoms with Crippen LogP contribution in [0.3, 0.4) is 0 Å². The number of hydrogen-bond acceptors (Lipinski definition) is 4. The van der Waals surface area contributed by atoms with Crippen molar-refractivity contribution in [2.45, 2.75) is 64.2 Å². The molecule has 1 heterocycles. The average Bonchev–Trinajstić information content (AvgIpc) is 3.12. The van der Waals surface area contributed by atoms with Crippen LogP contribution < -0.4 is 5.32 Å². The van der Waals surface area contributed by atoms with Gasteiger partial charge in [0.05, 0.1) is 11.9 Å². The summed E-state index contributed by atoms with van der Waals surface area (Å²) in [5.41, 5.74) is 3.52. The van der Waals surface area contributed by atoms with E-state index in [-0.39, 0.29) is 23.6 Å². The summed E-state index contributed by atoms with van der Waals surface area (Å²) in [4.78, 5) is 16.0. The van der Waals surface area contributed by atoms with Crippen LogP contribution in [0.2, 0.25) is 5.02 Å². The van der Waals surface area contributed by atoms with E-state index in [2.05, 4.69) is 34.5 Å². The van der Waals surface area contributed by atoms with Gasteiger partial charge in [0.1, 0.15) is 5.82 Å². The van der Waals surface area contributed by atoms with Gasteiger partial charge in [-0.15, -0.1) is 0 Å². The molecule has 3 unspecified atom stereocenters. The van der Waals surface area contributed by atoms with Gasteiger partial charge in [-0.3, -0.25) is 4.79 Å². The highest BCUT2D eigenvalue weighted by Crippen LogP contribution is 2.62. The maximum Gasteiger partial charge on any atom is 0.225 e. The molecule has 5 nitrogen and oxygen atoms in total. The van der Waals surface area contributed by atoms with E-state index in [1.165, 1.54) is 11.1 Å². The standard InChI is InChI=1S/C27H30ClF2N3O2/c1-27-10-9-20-19-8-6-17(28)11-15(19)5-7-21(20)25(27)16(12-23(27)33-35)3-2-4-24(34)32-26-22(30)13-18(29)14-31-26/h6,8,11,13-14,16,20-21,25,35H,2-5,7,9-10,12H2,1H3,(H,31,32,34)/b33-23+/t16-,20?,21?,25?,27-/m1/s1. The Morgan fingerprint density at radius 2 is 2.14 bits per heavy atom. The molecule has 3 aliphatic carbocycles. The molecule has 0 spiro atoms. The smallest absolute Gasteiger partial charge is 0.225 e. The molecule has 186 valence electrons. The Hall–Kier alpha value is -2.54. The number of carbonyl (C=O) groups excluding carboxylic acids is 1. The molecule has 2 aromatic rings. The van der Waals surface area contributed by atoms with Crippen LogP contribution in [-0.2, 0) is 11.2 Å². The first-order valence-corrected chi connectivity index (χ1v) is 12.8. The van der Waals surface area contributed by atoms with Crippen molar-refractivity contribution in [3.8, 4) is 0 Å². The number of aromatic nitrogens is 1. The largest absolute Gasteiger partial charge is 0.411 e. The number of nitrogens with one attached hydrogen (secondary N) is 1. The van der Waals surface area contributed by atoms with E-state index in [9.17, 15) is 18.8 Å². The molecule has 35 heavy (non-hydrogen) atoms. The molecule has 5 rings (SSSR count). The zero-order valence-corrected chi connectivity index (χ0v) is 20.5. The highest BCUT2D eigenvalue weighted by Gasteiger charge is 2.57. The average molecular weight is 502 g/mol. The molecule has 0 bridgehead atoms. The summed E-state index contributed by atoms with van der Waals surface area (Å²) >= 11 is 6.26. The van der Waals surface area contributed by atoms with Gasteiger partial charge < -0.3 is 10.5 Å². The van der Waals surface area contributed by atoms with E-state index in [0.717, 1.165) is 55.5 Å². The number of oxime groups is 1. The zero-order valence-electron chi connectivity index (χ0n) is 19.7. The number of benzene rings is 1. The molecular formula is C27H30ClF2N3O2. The lowest BCUT2D eigenvalue weighted by molar-refractivity contribution is -0.116. The van der Waals surface area contributed by atoms with Gasteiger partial charge in [0.15, 0.2) is 11.6 Å². The quantitative estimate of drug-likeness (QED) is 0.352. The maximum absolute atomic E-state index is 13.8. The second-order valence-electron chi connectivity index (χ2n) is 10.6. The van der Waals surface area contributed by atoms with Crippen molar-refractivity contribution in [1.29, 1.82) is 0 Å². The lowest BCUT2D eigenvalue weighted by atomic mass is 9.54. The van der Waals surface area contributed by atoms with Gasteiger partial charge in [0.2, 0.25) is 5.91 Å². The molecule has 1 aromatic heterocycles. The molecule has 0 saturated heterocycles. The van der Waals surface area contributed by atoms with Crippen LogP contribution in [0.1, 0.15) is 68.9 Å². The van der Waals surface area contributed by atoms with Crippen molar-refractivity contribution in [2.24, 2.45) is 28.3 Å². The Balaban J connectivity index is 1.28. The summed E-state index contributed by atoms with van der Waals surface area (Å²) in [5, 5.41) is 16.8. The predicted octanol–water partition coefficient (Wildman–Crippen LogP) is 6.73. The number of hydrogen-bond donors (Lipinski definition) is 2. The first kappa shape index (κ1) is 24.2. The van der Waals surface area contributed by atoms with E-state index >= 15 is 0 Å². The van der Waals surface area contributed by atoms with Crippen LogP contribution >= 0.6 is 11.6 Å². The van der Waals surface area contributed by atoms with E-state index in [4.69, 9.17) is 11.6 Å². The summed E-state index contributed by atoms with van der Waals surface area (Å²) in [7, 11) is 0. The molecule has 1 aromatic carbocycles. The number of rotatable bonds is 5. The first-order valence-electron chi connectivity index (χ1n) is 12.4. The minimum atomic E-state index is -0.888. The molecular weight excluding hydrogens is 472 g/mol. The van der Waals surface area contributed by atoms with Gasteiger partial charge in [0.25, 0.3) is 0 Å². The Labute approximate surface area is 209 Å². The number of pyridine rings is 1. The van der Waals surface area contributed by atoms with Gasteiger partial charge in [-0.1, -0.05) is 29.7 Å². The number of aryl methyl sites for hydroxylation is 1. The maximum atomic E-state index is 13.8. The first-order chi connectivity index (χ1) is 16.8. The minimum absolute atomic E-state index is 0.131. The van der Waals surface area contributed by atoms with Crippen molar-refractivity contribution in [1.82, 2.24) is 4.98 Å². The summed E-state index contributed by atoms with van der Waals surface area (Å²) in [6, 6.07) is 6.98. The number of halogens is 3. The second-order valence-corrected chi connectivity index (χ2v) is 11.0. The van der Waals surface area contributed by atoms with Crippen LogP contribution in [0, 0.1) is 34.8 Å². The van der Waals surface area contributed by atoms with Crippen LogP contribution in [0.15, 0.2) is 35.6 Å². The monoisotopic (exact) mass is 501 g/mol. The Kier molecular flexibility index (Phi) is 6.55. The fourth-order valence-corrected chi connectivity index (χ4v) is 7.47. The third kappa shape index (κ3) is 4.44. The summed E-state index contributed by atoms with van der Waals surface area (Å²) < 4.78 is 26.9. The van der Waals surface area contributed by atoms with Crippen LogP contribution in [0.25, 0.3) is 0 Å². The molecule has 0 radical (unpaired) electrons. The zero-order chi connectivity index (χ0) is 24.7. The van der Waals surface area contributed by atoms with Crippen molar-refractivity contribution in [2.75, 3.05) is 5.32 Å². The topological polar surface area (TPSA) is 74.6 Å². The number of nitrogens with zero attached hydrogens (tertiary/aromatic N) is 2. The highest BCUT2D eigenvalue weighted by molar-refractivity contribution is 6.30. The van der Waals surface area contributed by atoms with Crippen molar-refractivity contribution in [3.05, 3.63) is 58.2 Å². The van der Waals surface area contributed by atoms with Crippen LogP contribution in [0.4, 0.5) is 14.6 Å². The molecule has 0 aliphatic heterocycles. The molecule has 2 fully saturated rings. The van der Waals surface area contributed by atoms with Gasteiger partial charge in [-0.2, -0.15) is 0 Å². The third-order valence-corrected chi connectivity index (χ3v) is 8.96. The van der Waals surface area contributed by atoms with E-state index < -0.39 is 11.6 Å². The van der Waals surface area contributed by atoms with E-state index in [0.29, 0.717) is 36.2 Å². The van der Waals surface area contributed by atoms with Crippen LogP contribution in [0.5, 0.6) is 0 Å². The number of carbonyl (C=O) groups is 1. The van der Waals surface area contributed by atoms with E-state index in [1.54, 1.807) is 0 Å². The number of fused-ring (bicyclic) bond motifs is 5. The lowest BCUT2D eigenvalue weighted by Gasteiger charge is -2.50.